The van der Waals surface area contributed by atoms with Gasteiger partial charge in [0.15, 0.2) is 0 Å². The van der Waals surface area contributed by atoms with Gasteiger partial charge in [-0.1, -0.05) is 0 Å². The highest BCUT2D eigenvalue weighted by molar-refractivity contribution is 4.46. The van der Waals surface area contributed by atoms with Crippen LogP contribution >= 0.6 is 0 Å². The van der Waals surface area contributed by atoms with Crippen molar-refractivity contribution in [1.82, 2.24) is 15.1 Å². The molecule has 0 aromatic rings. The van der Waals surface area contributed by atoms with Gasteiger partial charge >= 0.3 is 0 Å². The van der Waals surface area contributed by atoms with Gasteiger partial charge in [-0.2, -0.15) is 0 Å². The van der Waals surface area contributed by atoms with Crippen molar-refractivity contribution in [2.75, 3.05) is 40.8 Å². The van der Waals surface area contributed by atoms with E-state index in [9.17, 15) is 0 Å². The molecule has 5 heteroatoms. The Labute approximate surface area is 68.3 Å². The molecule has 0 saturated heterocycles. The van der Waals surface area contributed by atoms with Crippen LogP contribution in [0.1, 0.15) is 0 Å². The van der Waals surface area contributed by atoms with Crippen molar-refractivity contribution in [3.05, 3.63) is 0 Å². The lowest BCUT2D eigenvalue weighted by atomic mass is 10.7. The molecule has 68 valence electrons. The lowest BCUT2D eigenvalue weighted by Gasteiger charge is -2.18. The van der Waals surface area contributed by atoms with E-state index in [0.717, 1.165) is 13.3 Å². The molecule has 0 rings (SSSR count). The number of hydrogen-bond donors (Lipinski definition) is 3. The van der Waals surface area contributed by atoms with Crippen LogP contribution < -0.4 is 16.8 Å². The van der Waals surface area contributed by atoms with Crippen molar-refractivity contribution >= 4 is 0 Å². The van der Waals surface area contributed by atoms with Gasteiger partial charge in [0, 0.05) is 26.7 Å². The highest BCUT2D eigenvalue weighted by atomic mass is 15.3. The molecule has 0 aliphatic carbocycles. The molecule has 0 atom stereocenters. The number of nitrogens with one attached hydrogen (secondary N) is 1. The summed E-state index contributed by atoms with van der Waals surface area (Å²) in [6, 6.07) is 0. The second-order valence-electron chi connectivity index (χ2n) is 2.64. The van der Waals surface area contributed by atoms with E-state index in [1.807, 2.05) is 23.9 Å². The molecule has 0 unspecified atom stereocenters. The fourth-order valence-corrected chi connectivity index (χ4v) is 0.561. The Morgan fingerprint density at radius 2 is 1.36 bits per heavy atom. The van der Waals surface area contributed by atoms with E-state index in [2.05, 4.69) is 5.32 Å². The second kappa shape index (κ2) is 6.51. The lowest BCUT2D eigenvalue weighted by Crippen LogP contribution is -2.41. The zero-order valence-electron chi connectivity index (χ0n) is 7.38. The molecular weight excluding hydrogens is 142 g/mol. The third-order valence-corrected chi connectivity index (χ3v) is 1.39. The van der Waals surface area contributed by atoms with Crippen molar-refractivity contribution in [3.63, 3.8) is 0 Å². The normalized spacial score (nSPS) is 11.5. The van der Waals surface area contributed by atoms with E-state index in [0.29, 0.717) is 13.3 Å². The summed E-state index contributed by atoms with van der Waals surface area (Å²) in [5.74, 6) is 0. The minimum atomic E-state index is 0.569. The van der Waals surface area contributed by atoms with Crippen LogP contribution in [0.3, 0.4) is 0 Å². The van der Waals surface area contributed by atoms with Gasteiger partial charge in [0.25, 0.3) is 0 Å². The van der Waals surface area contributed by atoms with Crippen LogP contribution in [0.15, 0.2) is 0 Å². The smallest absolute Gasteiger partial charge is 0.0499 e. The van der Waals surface area contributed by atoms with E-state index in [4.69, 9.17) is 11.5 Å². The fourth-order valence-electron chi connectivity index (χ4n) is 0.561. The van der Waals surface area contributed by atoms with E-state index < -0.39 is 0 Å². The van der Waals surface area contributed by atoms with Crippen molar-refractivity contribution in [2.45, 2.75) is 0 Å². The average Bonchev–Trinajstić information content (AvgIpc) is 2.04. The molecule has 0 spiro atoms. The summed E-state index contributed by atoms with van der Waals surface area (Å²) in [5.41, 5.74) is 10.7. The molecular formula is C6H19N5. The molecule has 0 aliphatic heterocycles. The van der Waals surface area contributed by atoms with Crippen molar-refractivity contribution < 1.29 is 0 Å². The highest BCUT2D eigenvalue weighted by Crippen LogP contribution is 1.74. The maximum absolute atomic E-state index is 5.37. The molecule has 5 N–H and O–H groups in total. The van der Waals surface area contributed by atoms with Gasteiger partial charge in [-0.25, -0.2) is 0 Å². The molecule has 0 aliphatic rings. The predicted molar refractivity (Wildman–Crippen MR) is 46.5 cm³/mol. The summed E-state index contributed by atoms with van der Waals surface area (Å²) in [7, 11) is 3.91. The van der Waals surface area contributed by atoms with Crippen LogP contribution in [0, 0.1) is 0 Å². The third kappa shape index (κ3) is 6.21. The van der Waals surface area contributed by atoms with E-state index in [-0.39, 0.29) is 0 Å². The molecule has 5 nitrogen and oxygen atoms in total. The molecule has 0 aromatic carbocycles. The number of hydrogen-bond acceptors (Lipinski definition) is 5. The number of nitrogens with two attached hydrogens (primary N) is 2. The Balaban J connectivity index is 3.13. The first-order valence-corrected chi connectivity index (χ1v) is 3.68. The van der Waals surface area contributed by atoms with Crippen molar-refractivity contribution in [3.8, 4) is 0 Å². The molecule has 0 radical (unpaired) electrons. The molecule has 0 bridgehead atoms. The Kier molecular flexibility index (Phi) is 6.39. The van der Waals surface area contributed by atoms with Gasteiger partial charge in [-0.15, -0.1) is 0 Å². The van der Waals surface area contributed by atoms with Crippen LogP contribution in [0.5, 0.6) is 0 Å². The van der Waals surface area contributed by atoms with E-state index in [1.54, 1.807) is 0 Å². The maximum atomic E-state index is 5.37. The summed E-state index contributed by atoms with van der Waals surface area (Å²) in [5, 5.41) is 3.18. The topological polar surface area (TPSA) is 70.5 Å². The molecule has 11 heavy (non-hydrogen) atoms. The Bertz CT molecular complexity index is 77.0. The predicted octanol–water partition coefficient (Wildman–Crippen LogP) is -1.81. The zero-order valence-corrected chi connectivity index (χ0v) is 7.38. The largest absolute Gasteiger partial charge is 0.318 e. The fraction of sp³-hybridized carbons (Fsp3) is 1.00. The minimum absolute atomic E-state index is 0.569. The first-order valence-electron chi connectivity index (χ1n) is 3.68. The minimum Gasteiger partial charge on any atom is -0.318 e. The Hall–Kier alpha value is -0.200. The molecule has 0 aromatic heterocycles. The van der Waals surface area contributed by atoms with Gasteiger partial charge in [0.1, 0.15) is 0 Å². The average molecular weight is 161 g/mol. The summed E-state index contributed by atoms with van der Waals surface area (Å²) in [4.78, 5) is 3.95. The van der Waals surface area contributed by atoms with Gasteiger partial charge in [-0.3, -0.25) is 15.1 Å². The van der Waals surface area contributed by atoms with Crippen molar-refractivity contribution in [1.29, 1.82) is 0 Å². The van der Waals surface area contributed by atoms with Gasteiger partial charge in [-0.05, 0) is 14.1 Å². The van der Waals surface area contributed by atoms with Crippen LogP contribution in [-0.4, -0.2) is 50.6 Å². The van der Waals surface area contributed by atoms with Crippen LogP contribution in [0.25, 0.3) is 0 Å². The summed E-state index contributed by atoms with van der Waals surface area (Å²) in [6.45, 7) is 2.72. The van der Waals surface area contributed by atoms with Crippen LogP contribution in [0.4, 0.5) is 0 Å². The summed E-state index contributed by atoms with van der Waals surface area (Å²) >= 11 is 0. The van der Waals surface area contributed by atoms with Gasteiger partial charge in [0.2, 0.25) is 0 Å². The molecule has 0 fully saturated rings. The SMILES string of the molecule is CN(CN)CNCN(C)CN. The Morgan fingerprint density at radius 3 is 1.64 bits per heavy atom. The number of nitrogens with zero attached hydrogens (tertiary/aromatic N) is 2. The zero-order chi connectivity index (χ0) is 8.69. The van der Waals surface area contributed by atoms with E-state index >= 15 is 0 Å². The van der Waals surface area contributed by atoms with Crippen LogP contribution in [-0.2, 0) is 0 Å². The van der Waals surface area contributed by atoms with Gasteiger partial charge < -0.3 is 11.5 Å². The standard InChI is InChI=1S/C6H19N5/c1-10(3-7)5-9-6-11(2)4-8/h9H,3-8H2,1-2H3. The van der Waals surface area contributed by atoms with Gasteiger partial charge in [0.05, 0.1) is 0 Å². The van der Waals surface area contributed by atoms with Crippen molar-refractivity contribution in [2.24, 2.45) is 11.5 Å². The Morgan fingerprint density at radius 1 is 1.00 bits per heavy atom. The summed E-state index contributed by atoms with van der Waals surface area (Å²) < 4.78 is 0. The molecule has 0 amide bonds. The first kappa shape index (κ1) is 10.8. The number of rotatable bonds is 6. The maximum Gasteiger partial charge on any atom is 0.0499 e. The highest BCUT2D eigenvalue weighted by Gasteiger charge is 1.94. The summed E-state index contributed by atoms with van der Waals surface area (Å²) in [6.07, 6.45) is 0. The third-order valence-electron chi connectivity index (χ3n) is 1.39. The first-order chi connectivity index (χ1) is 5.20. The quantitative estimate of drug-likeness (QED) is 0.400. The lowest BCUT2D eigenvalue weighted by molar-refractivity contribution is 0.254. The molecule has 0 heterocycles. The van der Waals surface area contributed by atoms with E-state index in [1.165, 1.54) is 0 Å². The molecule has 0 saturated carbocycles. The van der Waals surface area contributed by atoms with Crippen LogP contribution in [0.2, 0.25) is 0 Å². The monoisotopic (exact) mass is 161 g/mol. The second-order valence-corrected chi connectivity index (χ2v) is 2.64.